The van der Waals surface area contributed by atoms with Crippen molar-refractivity contribution in [1.29, 1.82) is 0 Å². The van der Waals surface area contributed by atoms with Crippen molar-refractivity contribution in [3.63, 3.8) is 0 Å². The third kappa shape index (κ3) is 6.72. The Balaban J connectivity index is 1.71. The van der Waals surface area contributed by atoms with Gasteiger partial charge in [-0.2, -0.15) is 13.5 Å². The van der Waals surface area contributed by atoms with Crippen LogP contribution >= 0.6 is 27.5 Å². The highest BCUT2D eigenvalue weighted by Gasteiger charge is 2.14. The van der Waals surface area contributed by atoms with Gasteiger partial charge in [0.25, 0.3) is 10.0 Å². The van der Waals surface area contributed by atoms with Crippen LogP contribution in [0.3, 0.4) is 0 Å². The molecule has 178 valence electrons. The SMILES string of the molecule is COc1cc(/C=N\NS(=O)(=O)c2ccc(NC(C)=O)cc2)cc(Br)c1OCc1ccccc1Cl. The number of amides is 1. The Hall–Kier alpha value is -3.08. The molecule has 0 saturated carbocycles. The fourth-order valence-electron chi connectivity index (χ4n) is 2.86. The van der Waals surface area contributed by atoms with Crippen LogP contribution in [-0.4, -0.2) is 27.6 Å². The topological polar surface area (TPSA) is 106 Å². The summed E-state index contributed by atoms with van der Waals surface area (Å²) in [5.74, 6) is 0.652. The van der Waals surface area contributed by atoms with Gasteiger partial charge in [-0.1, -0.05) is 29.8 Å². The van der Waals surface area contributed by atoms with Crippen molar-refractivity contribution in [2.24, 2.45) is 5.10 Å². The van der Waals surface area contributed by atoms with E-state index in [0.717, 1.165) is 5.56 Å². The zero-order chi connectivity index (χ0) is 24.7. The molecule has 0 aromatic heterocycles. The highest BCUT2D eigenvalue weighted by atomic mass is 79.9. The molecule has 0 spiro atoms. The lowest BCUT2D eigenvalue weighted by Gasteiger charge is -2.14. The molecule has 0 fully saturated rings. The number of sulfonamides is 1. The molecule has 3 aromatic rings. The molecule has 3 rings (SSSR count). The summed E-state index contributed by atoms with van der Waals surface area (Å²) in [5, 5.41) is 7.01. The zero-order valence-electron chi connectivity index (χ0n) is 18.2. The fourth-order valence-corrected chi connectivity index (χ4v) is 4.42. The van der Waals surface area contributed by atoms with E-state index in [1.54, 1.807) is 18.2 Å². The summed E-state index contributed by atoms with van der Waals surface area (Å²) in [6.45, 7) is 1.61. The smallest absolute Gasteiger partial charge is 0.276 e. The van der Waals surface area contributed by atoms with Gasteiger partial charge in [-0.15, -0.1) is 0 Å². The van der Waals surface area contributed by atoms with Crippen LogP contribution in [0.5, 0.6) is 11.5 Å². The van der Waals surface area contributed by atoms with Crippen LogP contribution in [0, 0.1) is 0 Å². The van der Waals surface area contributed by atoms with E-state index in [1.807, 2.05) is 18.2 Å². The number of benzene rings is 3. The summed E-state index contributed by atoms with van der Waals surface area (Å²) in [4.78, 5) is 13.3. The highest BCUT2D eigenvalue weighted by molar-refractivity contribution is 9.10. The number of carbonyl (C=O) groups excluding carboxylic acids is 1. The lowest BCUT2D eigenvalue weighted by Crippen LogP contribution is -2.18. The molecule has 0 saturated heterocycles. The molecule has 0 atom stereocenters. The largest absolute Gasteiger partial charge is 0.493 e. The number of halogens is 2. The van der Waals surface area contributed by atoms with Crippen molar-refractivity contribution >= 4 is 55.4 Å². The van der Waals surface area contributed by atoms with Crippen LogP contribution in [0.4, 0.5) is 5.69 Å². The monoisotopic (exact) mass is 565 g/mol. The highest BCUT2D eigenvalue weighted by Crippen LogP contribution is 2.37. The van der Waals surface area contributed by atoms with Crippen LogP contribution in [-0.2, 0) is 21.4 Å². The normalized spacial score (nSPS) is 11.3. The van der Waals surface area contributed by atoms with Gasteiger partial charge < -0.3 is 14.8 Å². The van der Waals surface area contributed by atoms with E-state index in [1.165, 1.54) is 44.5 Å². The number of rotatable bonds is 9. The predicted molar refractivity (Wildman–Crippen MR) is 135 cm³/mol. The molecule has 3 aromatic carbocycles. The Morgan fingerprint density at radius 3 is 2.50 bits per heavy atom. The number of anilines is 1. The van der Waals surface area contributed by atoms with Gasteiger partial charge in [0.15, 0.2) is 11.5 Å². The second-order valence-electron chi connectivity index (χ2n) is 6.97. The molecule has 34 heavy (non-hydrogen) atoms. The lowest BCUT2D eigenvalue weighted by molar-refractivity contribution is -0.114. The summed E-state index contributed by atoms with van der Waals surface area (Å²) in [6.07, 6.45) is 1.34. The van der Waals surface area contributed by atoms with Gasteiger partial charge in [0.2, 0.25) is 5.91 Å². The average molecular weight is 567 g/mol. The molecule has 11 heteroatoms. The first kappa shape index (κ1) is 25.5. The Morgan fingerprint density at radius 2 is 1.85 bits per heavy atom. The van der Waals surface area contributed by atoms with E-state index in [9.17, 15) is 13.2 Å². The van der Waals surface area contributed by atoms with Gasteiger partial charge in [-0.05, 0) is 64.0 Å². The summed E-state index contributed by atoms with van der Waals surface area (Å²) in [5.41, 5.74) is 1.88. The van der Waals surface area contributed by atoms with Gasteiger partial charge in [-0.3, -0.25) is 4.79 Å². The van der Waals surface area contributed by atoms with Crippen LogP contribution in [0.1, 0.15) is 18.1 Å². The van der Waals surface area contributed by atoms with E-state index in [-0.39, 0.29) is 17.4 Å². The van der Waals surface area contributed by atoms with Gasteiger partial charge >= 0.3 is 0 Å². The minimum absolute atomic E-state index is 0.000772. The van der Waals surface area contributed by atoms with Gasteiger partial charge in [0.05, 0.1) is 22.7 Å². The minimum atomic E-state index is -3.89. The number of hydrogen-bond donors (Lipinski definition) is 2. The second kappa shape index (κ2) is 11.4. The van der Waals surface area contributed by atoms with Crippen LogP contribution in [0.25, 0.3) is 0 Å². The second-order valence-corrected chi connectivity index (χ2v) is 9.90. The first-order valence-corrected chi connectivity index (χ1v) is 12.5. The minimum Gasteiger partial charge on any atom is -0.493 e. The molecule has 0 aliphatic carbocycles. The molecule has 1 amide bonds. The van der Waals surface area contributed by atoms with E-state index in [2.05, 4.69) is 31.2 Å². The number of nitrogens with zero attached hydrogens (tertiary/aromatic N) is 1. The molecule has 0 bridgehead atoms. The maximum Gasteiger partial charge on any atom is 0.276 e. The third-order valence-corrected chi connectivity index (χ3v) is 6.65. The van der Waals surface area contributed by atoms with Crippen molar-refractivity contribution in [3.05, 3.63) is 81.3 Å². The van der Waals surface area contributed by atoms with Crippen LogP contribution in [0.2, 0.25) is 5.02 Å². The van der Waals surface area contributed by atoms with Crippen molar-refractivity contribution in [2.75, 3.05) is 12.4 Å². The number of ether oxygens (including phenoxy) is 2. The molecule has 0 aliphatic heterocycles. The Bertz CT molecular complexity index is 1310. The Morgan fingerprint density at radius 1 is 1.15 bits per heavy atom. The van der Waals surface area contributed by atoms with Crippen molar-refractivity contribution in [2.45, 2.75) is 18.4 Å². The summed E-state index contributed by atoms with van der Waals surface area (Å²) in [6, 6.07) is 16.4. The number of hydrogen-bond acceptors (Lipinski definition) is 6. The van der Waals surface area contributed by atoms with Crippen LogP contribution < -0.4 is 19.6 Å². The van der Waals surface area contributed by atoms with Gasteiger partial charge in [0, 0.05) is 23.2 Å². The predicted octanol–water partition coefficient (Wildman–Crippen LogP) is 4.96. The average Bonchev–Trinajstić information content (AvgIpc) is 2.79. The zero-order valence-corrected chi connectivity index (χ0v) is 21.4. The summed E-state index contributed by atoms with van der Waals surface area (Å²) in [7, 11) is -2.40. The fraction of sp³-hybridized carbons (Fsp3) is 0.130. The molecule has 8 nitrogen and oxygen atoms in total. The maximum atomic E-state index is 12.5. The molecule has 0 unspecified atom stereocenters. The first-order valence-electron chi connectivity index (χ1n) is 9.86. The summed E-state index contributed by atoms with van der Waals surface area (Å²) >= 11 is 9.64. The lowest BCUT2D eigenvalue weighted by atomic mass is 10.2. The van der Waals surface area contributed by atoms with E-state index >= 15 is 0 Å². The van der Waals surface area contributed by atoms with E-state index in [4.69, 9.17) is 21.1 Å². The van der Waals surface area contributed by atoms with Crippen LogP contribution in [0.15, 0.2) is 75.1 Å². The van der Waals surface area contributed by atoms with Crippen molar-refractivity contribution in [3.8, 4) is 11.5 Å². The summed E-state index contributed by atoms with van der Waals surface area (Å²) < 4.78 is 36.9. The van der Waals surface area contributed by atoms with Gasteiger partial charge in [-0.25, -0.2) is 4.83 Å². The number of hydrazone groups is 1. The Kier molecular flexibility index (Phi) is 8.54. The van der Waals surface area contributed by atoms with Crippen molar-refractivity contribution < 1.29 is 22.7 Å². The maximum absolute atomic E-state index is 12.5. The van der Waals surface area contributed by atoms with Gasteiger partial charge in [0.1, 0.15) is 6.61 Å². The quantitative estimate of drug-likeness (QED) is 0.281. The molecule has 0 heterocycles. The number of nitrogens with one attached hydrogen (secondary N) is 2. The first-order chi connectivity index (χ1) is 16.2. The molecule has 0 radical (unpaired) electrons. The Labute approximate surface area is 211 Å². The van der Waals surface area contributed by atoms with E-state index < -0.39 is 10.0 Å². The molecule has 2 N–H and O–H groups in total. The third-order valence-electron chi connectivity index (χ3n) is 4.45. The molecule has 0 aliphatic rings. The standard InChI is InChI=1S/C23H21BrClN3O5S/c1-15(29)27-18-7-9-19(10-8-18)34(30,31)28-26-13-16-11-20(24)23(22(12-16)32-2)33-14-17-5-3-4-6-21(17)25/h3-13,28H,14H2,1-2H3,(H,27,29)/b26-13-. The van der Waals surface area contributed by atoms with E-state index in [0.29, 0.717) is 32.2 Å². The molecular formula is C23H21BrClN3O5S. The number of carbonyl (C=O) groups is 1. The molecular weight excluding hydrogens is 546 g/mol. The number of methoxy groups -OCH3 is 1. The van der Waals surface area contributed by atoms with Crippen molar-refractivity contribution in [1.82, 2.24) is 4.83 Å².